The van der Waals surface area contributed by atoms with Gasteiger partial charge >= 0.3 is 0 Å². The Morgan fingerprint density at radius 1 is 1.44 bits per heavy atom. The molecule has 2 rings (SSSR count). The molecular weight excluding hydrogens is 218 g/mol. The molecule has 0 amide bonds. The van der Waals surface area contributed by atoms with Crippen LogP contribution in [0.1, 0.15) is 24.6 Å². The minimum atomic E-state index is -0.968. The van der Waals surface area contributed by atoms with Crippen LogP contribution in [-0.2, 0) is 11.5 Å². The molecule has 4 nitrogen and oxygen atoms in total. The Labute approximate surface area is 98.0 Å². The quantitative estimate of drug-likeness (QED) is 0.565. The van der Waals surface area contributed by atoms with Crippen molar-refractivity contribution >= 4 is 8.07 Å². The van der Waals surface area contributed by atoms with Crippen LogP contribution in [0.3, 0.4) is 0 Å². The van der Waals surface area contributed by atoms with Crippen LogP contribution in [0, 0.1) is 0 Å². The maximum Gasteiger partial charge on any atom is 0.137 e. The molecule has 0 unspecified atom stereocenters. The molecule has 5 heteroatoms. The van der Waals surface area contributed by atoms with E-state index in [4.69, 9.17) is 4.74 Å². The highest BCUT2D eigenvalue weighted by Gasteiger charge is 2.28. The Balaban J connectivity index is 1.74. The maximum absolute atomic E-state index is 5.69. The van der Waals surface area contributed by atoms with Crippen molar-refractivity contribution in [1.82, 2.24) is 14.8 Å². The van der Waals surface area contributed by atoms with Crippen molar-refractivity contribution in [2.24, 2.45) is 0 Å². The van der Waals surface area contributed by atoms with E-state index in [-0.39, 0.29) is 0 Å². The average molecular weight is 239 g/mol. The van der Waals surface area contributed by atoms with Gasteiger partial charge in [-0.1, -0.05) is 19.6 Å². The van der Waals surface area contributed by atoms with Crippen molar-refractivity contribution in [1.29, 1.82) is 0 Å². The summed E-state index contributed by atoms with van der Waals surface area (Å²) in [6.45, 7) is 8.57. The van der Waals surface area contributed by atoms with Gasteiger partial charge in [0.05, 0.1) is 0 Å². The molecule has 16 heavy (non-hydrogen) atoms. The number of aromatic nitrogens is 3. The van der Waals surface area contributed by atoms with Gasteiger partial charge in [0.1, 0.15) is 18.9 Å². The Bertz CT molecular complexity index is 341. The predicted molar refractivity (Wildman–Crippen MR) is 66.1 cm³/mol. The molecule has 1 saturated carbocycles. The van der Waals surface area contributed by atoms with Gasteiger partial charge in [-0.2, -0.15) is 0 Å². The molecule has 0 spiro atoms. The first kappa shape index (κ1) is 11.8. The van der Waals surface area contributed by atoms with E-state index in [0.717, 1.165) is 12.4 Å². The summed E-state index contributed by atoms with van der Waals surface area (Å²) in [6, 6.07) is 1.22. The lowest BCUT2D eigenvalue weighted by Gasteiger charge is -2.15. The second kappa shape index (κ2) is 4.67. The van der Waals surface area contributed by atoms with Crippen LogP contribution in [0.2, 0.25) is 25.7 Å². The van der Waals surface area contributed by atoms with Gasteiger partial charge in [0.15, 0.2) is 0 Å². The molecular formula is C11H21N3OSi. The average Bonchev–Trinajstić information content (AvgIpc) is 2.92. The second-order valence-electron chi connectivity index (χ2n) is 5.78. The first-order valence-electron chi connectivity index (χ1n) is 6.02. The van der Waals surface area contributed by atoms with Crippen LogP contribution in [0.15, 0.2) is 6.33 Å². The van der Waals surface area contributed by atoms with Crippen LogP contribution < -0.4 is 0 Å². The minimum absolute atomic E-state index is 0.614. The fourth-order valence-electron chi connectivity index (χ4n) is 1.56. The Morgan fingerprint density at radius 3 is 2.81 bits per heavy atom. The standard InChI is InChI=1S/C11H21N3OSi/c1-16(2,3)7-6-15-9-14-8-12-13-11(14)10-4-5-10/h8,10H,4-7,9H2,1-3H3. The van der Waals surface area contributed by atoms with Gasteiger partial charge in [0.2, 0.25) is 0 Å². The van der Waals surface area contributed by atoms with Gasteiger partial charge in [-0.15, -0.1) is 10.2 Å². The van der Waals surface area contributed by atoms with E-state index in [1.54, 1.807) is 6.33 Å². The van der Waals surface area contributed by atoms with Gasteiger partial charge in [-0.05, 0) is 18.9 Å². The van der Waals surface area contributed by atoms with Crippen molar-refractivity contribution in [2.75, 3.05) is 6.61 Å². The number of nitrogens with zero attached hydrogens (tertiary/aromatic N) is 3. The first-order valence-corrected chi connectivity index (χ1v) is 9.72. The van der Waals surface area contributed by atoms with Crippen LogP contribution in [0.5, 0.6) is 0 Å². The molecule has 0 atom stereocenters. The molecule has 0 bridgehead atoms. The third-order valence-electron chi connectivity index (χ3n) is 2.81. The van der Waals surface area contributed by atoms with E-state index >= 15 is 0 Å². The van der Waals surface area contributed by atoms with Crippen LogP contribution >= 0.6 is 0 Å². The minimum Gasteiger partial charge on any atom is -0.361 e. The number of hydrogen-bond acceptors (Lipinski definition) is 3. The number of rotatable bonds is 6. The molecule has 1 fully saturated rings. The van der Waals surface area contributed by atoms with Gasteiger partial charge in [-0.3, -0.25) is 4.57 Å². The second-order valence-corrected chi connectivity index (χ2v) is 11.4. The summed E-state index contributed by atoms with van der Waals surface area (Å²) < 4.78 is 7.73. The molecule has 0 N–H and O–H groups in total. The fourth-order valence-corrected chi connectivity index (χ4v) is 2.32. The Morgan fingerprint density at radius 2 is 2.19 bits per heavy atom. The molecule has 0 aromatic carbocycles. The molecule has 0 aliphatic heterocycles. The van der Waals surface area contributed by atoms with Crippen LogP contribution in [-0.4, -0.2) is 29.4 Å². The topological polar surface area (TPSA) is 39.9 Å². The lowest BCUT2D eigenvalue weighted by atomic mass is 10.4. The van der Waals surface area contributed by atoms with Gasteiger partial charge in [0, 0.05) is 20.6 Å². The summed E-state index contributed by atoms with van der Waals surface area (Å²) in [5.74, 6) is 1.75. The predicted octanol–water partition coefficient (Wildman–Crippen LogP) is 2.47. The Hall–Kier alpha value is -0.683. The molecule has 1 aliphatic rings. The van der Waals surface area contributed by atoms with Crippen molar-refractivity contribution in [3.8, 4) is 0 Å². The SMILES string of the molecule is C[Si](C)(C)CCOCn1cnnc1C1CC1. The van der Waals surface area contributed by atoms with E-state index in [2.05, 4.69) is 29.8 Å². The van der Waals surface area contributed by atoms with Gasteiger partial charge < -0.3 is 4.74 Å². The molecule has 0 saturated heterocycles. The molecule has 1 aromatic rings. The molecule has 1 heterocycles. The van der Waals surface area contributed by atoms with E-state index in [1.807, 2.05) is 4.57 Å². The smallest absolute Gasteiger partial charge is 0.137 e. The van der Waals surface area contributed by atoms with Crippen molar-refractivity contribution in [3.63, 3.8) is 0 Å². The highest BCUT2D eigenvalue weighted by Crippen LogP contribution is 2.38. The third-order valence-corrected chi connectivity index (χ3v) is 4.52. The summed E-state index contributed by atoms with van der Waals surface area (Å²) in [5, 5.41) is 8.10. The highest BCUT2D eigenvalue weighted by atomic mass is 28.3. The summed E-state index contributed by atoms with van der Waals surface area (Å²) >= 11 is 0. The molecule has 1 aromatic heterocycles. The maximum atomic E-state index is 5.69. The zero-order valence-electron chi connectivity index (χ0n) is 10.4. The van der Waals surface area contributed by atoms with Crippen LogP contribution in [0.25, 0.3) is 0 Å². The van der Waals surface area contributed by atoms with Gasteiger partial charge in [0.25, 0.3) is 0 Å². The van der Waals surface area contributed by atoms with Crippen molar-refractivity contribution in [3.05, 3.63) is 12.2 Å². The molecule has 90 valence electrons. The largest absolute Gasteiger partial charge is 0.361 e. The van der Waals surface area contributed by atoms with Gasteiger partial charge in [-0.25, -0.2) is 0 Å². The van der Waals surface area contributed by atoms with E-state index in [1.165, 1.54) is 18.9 Å². The lowest BCUT2D eigenvalue weighted by molar-refractivity contribution is 0.0849. The zero-order valence-corrected chi connectivity index (χ0v) is 11.4. The van der Waals surface area contributed by atoms with Crippen molar-refractivity contribution in [2.45, 2.75) is 51.2 Å². The van der Waals surface area contributed by atoms with E-state index in [0.29, 0.717) is 12.6 Å². The number of ether oxygens (including phenoxy) is 1. The lowest BCUT2D eigenvalue weighted by Crippen LogP contribution is -2.22. The zero-order chi connectivity index (χ0) is 11.6. The monoisotopic (exact) mass is 239 g/mol. The summed E-state index contributed by atoms with van der Waals surface area (Å²) in [6.07, 6.45) is 4.30. The van der Waals surface area contributed by atoms with Crippen LogP contribution in [0.4, 0.5) is 0 Å². The first-order chi connectivity index (χ1) is 7.56. The van der Waals surface area contributed by atoms with E-state index < -0.39 is 8.07 Å². The Kier molecular flexibility index (Phi) is 3.44. The molecule has 0 radical (unpaired) electrons. The summed E-state index contributed by atoms with van der Waals surface area (Å²) in [4.78, 5) is 0. The summed E-state index contributed by atoms with van der Waals surface area (Å²) in [5.41, 5.74) is 0. The van der Waals surface area contributed by atoms with E-state index in [9.17, 15) is 0 Å². The third kappa shape index (κ3) is 3.42. The van der Waals surface area contributed by atoms with Crippen molar-refractivity contribution < 1.29 is 4.74 Å². The molecule has 1 aliphatic carbocycles. The highest BCUT2D eigenvalue weighted by molar-refractivity contribution is 6.76. The normalized spacial score (nSPS) is 16.7. The number of hydrogen-bond donors (Lipinski definition) is 0. The summed E-state index contributed by atoms with van der Waals surface area (Å²) in [7, 11) is -0.968. The fraction of sp³-hybridized carbons (Fsp3) is 0.818.